The molecule has 0 spiro atoms. The number of carboxylic acid groups (broad SMARTS) is 1. The van der Waals surface area contributed by atoms with Crippen molar-refractivity contribution in [2.24, 2.45) is 0 Å². The van der Waals surface area contributed by atoms with Gasteiger partial charge in [0.15, 0.2) is 0 Å². The molecular formula is C22H26F4N4O5S. The number of hydrogen-bond acceptors (Lipinski definition) is 6. The molecule has 0 atom stereocenters. The molecule has 1 amide bonds. The molecule has 14 heteroatoms. The minimum atomic E-state index is -5.08. The van der Waals surface area contributed by atoms with Gasteiger partial charge in [0.2, 0.25) is 0 Å². The Hall–Kier alpha value is -3.39. The van der Waals surface area contributed by atoms with Gasteiger partial charge in [-0.15, -0.1) is 0 Å². The second-order valence-corrected chi connectivity index (χ2v) is 9.21. The van der Waals surface area contributed by atoms with Crippen molar-refractivity contribution in [3.05, 3.63) is 53.8 Å². The molecular weight excluding hydrogens is 508 g/mol. The maximum atomic E-state index is 14.1. The number of carbonyl (C=O) groups is 2. The zero-order valence-electron chi connectivity index (χ0n) is 19.2. The van der Waals surface area contributed by atoms with Gasteiger partial charge in [-0.2, -0.15) is 13.2 Å². The van der Waals surface area contributed by atoms with Crippen LogP contribution in [0, 0.1) is 5.82 Å². The van der Waals surface area contributed by atoms with Crippen molar-refractivity contribution < 1.29 is 40.7 Å². The zero-order valence-corrected chi connectivity index (χ0v) is 20.0. The van der Waals surface area contributed by atoms with E-state index >= 15 is 0 Å². The second kappa shape index (κ2) is 12.5. The predicted molar refractivity (Wildman–Crippen MR) is 125 cm³/mol. The van der Waals surface area contributed by atoms with Gasteiger partial charge in [0, 0.05) is 38.3 Å². The van der Waals surface area contributed by atoms with Gasteiger partial charge >= 0.3 is 12.1 Å². The molecule has 2 aromatic carbocycles. The minimum Gasteiger partial charge on any atom is -0.475 e. The predicted octanol–water partition coefficient (Wildman–Crippen LogP) is 2.81. The second-order valence-electron chi connectivity index (χ2n) is 7.56. The highest BCUT2D eigenvalue weighted by Gasteiger charge is 2.38. The molecule has 2 aromatic rings. The van der Waals surface area contributed by atoms with Gasteiger partial charge in [-0.25, -0.2) is 17.6 Å². The van der Waals surface area contributed by atoms with Crippen LogP contribution in [0.5, 0.6) is 0 Å². The van der Waals surface area contributed by atoms with Gasteiger partial charge in [0.1, 0.15) is 10.7 Å². The number of piperazine rings is 1. The molecule has 1 heterocycles. The summed E-state index contributed by atoms with van der Waals surface area (Å²) in [6.07, 6.45) is -4.29. The summed E-state index contributed by atoms with van der Waals surface area (Å²) in [7, 11) is -4.16. The van der Waals surface area contributed by atoms with Gasteiger partial charge in [-0.05, 0) is 36.8 Å². The fourth-order valence-corrected chi connectivity index (χ4v) is 4.29. The molecule has 0 radical (unpaired) electrons. The number of carboxylic acids is 1. The van der Waals surface area contributed by atoms with E-state index < -0.39 is 32.9 Å². The van der Waals surface area contributed by atoms with Crippen LogP contribution in [0.1, 0.15) is 23.7 Å². The SMILES string of the molecule is CCCNC(=O)c1ccc(N2CCNCC2)c(NS(=O)(=O)c2ccccc2F)c1.O=C(O)C(F)(F)F. The molecule has 1 aliphatic heterocycles. The number of halogens is 4. The highest BCUT2D eigenvalue weighted by Crippen LogP contribution is 2.30. The Balaban J connectivity index is 0.000000572. The van der Waals surface area contributed by atoms with E-state index in [-0.39, 0.29) is 11.6 Å². The van der Waals surface area contributed by atoms with Crippen LogP contribution in [0.2, 0.25) is 0 Å². The van der Waals surface area contributed by atoms with Gasteiger partial charge in [-0.3, -0.25) is 9.52 Å². The maximum Gasteiger partial charge on any atom is 0.490 e. The number of hydrogen-bond donors (Lipinski definition) is 4. The first-order valence-electron chi connectivity index (χ1n) is 10.8. The Bertz CT molecular complexity index is 1170. The quantitative estimate of drug-likeness (QED) is 0.402. The van der Waals surface area contributed by atoms with E-state index in [0.717, 1.165) is 25.6 Å². The van der Waals surface area contributed by atoms with Crippen LogP contribution in [0.25, 0.3) is 0 Å². The Morgan fingerprint density at radius 2 is 1.72 bits per heavy atom. The van der Waals surface area contributed by atoms with Gasteiger partial charge < -0.3 is 20.6 Å². The molecule has 0 bridgehead atoms. The molecule has 9 nitrogen and oxygen atoms in total. The Morgan fingerprint density at radius 3 is 2.28 bits per heavy atom. The van der Waals surface area contributed by atoms with Crippen LogP contribution in [-0.4, -0.2) is 64.3 Å². The van der Waals surface area contributed by atoms with Crippen LogP contribution in [0.3, 0.4) is 0 Å². The summed E-state index contributed by atoms with van der Waals surface area (Å²) in [5.41, 5.74) is 1.24. The number of carbonyl (C=O) groups excluding carboxylic acids is 1. The van der Waals surface area contributed by atoms with E-state index in [1.807, 2.05) is 11.8 Å². The standard InChI is InChI=1S/C20H25FN4O3S.C2HF3O2/c1-2-9-23-20(26)15-7-8-18(25-12-10-22-11-13-25)17(14-15)24-29(27,28)19-6-4-3-5-16(19)21;3-2(4,5)1(6)7/h3-8,14,22,24H,2,9-13H2,1H3,(H,23,26);(H,6,7). The molecule has 198 valence electrons. The highest BCUT2D eigenvalue weighted by molar-refractivity contribution is 7.92. The average Bonchev–Trinajstić information content (AvgIpc) is 2.82. The third-order valence-electron chi connectivity index (χ3n) is 4.86. The van der Waals surface area contributed by atoms with E-state index in [9.17, 15) is 30.8 Å². The summed E-state index contributed by atoms with van der Waals surface area (Å²) in [6.45, 7) is 5.37. The van der Waals surface area contributed by atoms with Crippen molar-refractivity contribution in [2.45, 2.75) is 24.4 Å². The van der Waals surface area contributed by atoms with Crippen LogP contribution < -0.4 is 20.3 Å². The fraction of sp³-hybridized carbons (Fsp3) is 0.364. The highest BCUT2D eigenvalue weighted by atomic mass is 32.2. The van der Waals surface area contributed by atoms with Crippen molar-refractivity contribution >= 4 is 33.3 Å². The first-order valence-corrected chi connectivity index (χ1v) is 12.3. The van der Waals surface area contributed by atoms with E-state index in [0.29, 0.717) is 30.9 Å². The van der Waals surface area contributed by atoms with Crippen molar-refractivity contribution in [2.75, 3.05) is 42.3 Å². The molecule has 4 N–H and O–H groups in total. The number of alkyl halides is 3. The monoisotopic (exact) mass is 534 g/mol. The van der Waals surface area contributed by atoms with Crippen LogP contribution in [0.4, 0.5) is 28.9 Å². The molecule has 1 fully saturated rings. The van der Waals surface area contributed by atoms with Crippen molar-refractivity contribution in [3.8, 4) is 0 Å². The van der Waals surface area contributed by atoms with Gasteiger partial charge in [-0.1, -0.05) is 19.1 Å². The van der Waals surface area contributed by atoms with Crippen LogP contribution >= 0.6 is 0 Å². The largest absolute Gasteiger partial charge is 0.490 e. The molecule has 36 heavy (non-hydrogen) atoms. The lowest BCUT2D eigenvalue weighted by Gasteiger charge is -2.31. The lowest BCUT2D eigenvalue weighted by molar-refractivity contribution is -0.192. The Kier molecular flexibility index (Phi) is 10.0. The molecule has 1 aliphatic rings. The number of aliphatic carboxylic acids is 1. The number of sulfonamides is 1. The third kappa shape index (κ3) is 8.09. The first kappa shape index (κ1) is 28.8. The number of anilines is 2. The summed E-state index contributed by atoms with van der Waals surface area (Å²) in [4.78, 5) is 22.9. The van der Waals surface area contributed by atoms with Crippen molar-refractivity contribution in [1.82, 2.24) is 10.6 Å². The summed E-state index contributed by atoms with van der Waals surface area (Å²) >= 11 is 0. The summed E-state index contributed by atoms with van der Waals surface area (Å²) < 4.78 is 74.0. The summed E-state index contributed by atoms with van der Waals surface area (Å²) in [5.74, 6) is -3.88. The van der Waals surface area contributed by atoms with Gasteiger partial charge in [0.05, 0.1) is 11.4 Å². The normalized spacial score (nSPS) is 13.9. The Morgan fingerprint density at radius 1 is 1.11 bits per heavy atom. The summed E-state index contributed by atoms with van der Waals surface area (Å²) in [5, 5.41) is 13.1. The molecule has 0 aromatic heterocycles. The lowest BCUT2D eigenvalue weighted by Crippen LogP contribution is -2.43. The number of amides is 1. The lowest BCUT2D eigenvalue weighted by atomic mass is 10.1. The maximum absolute atomic E-state index is 14.1. The summed E-state index contributed by atoms with van der Waals surface area (Å²) in [6, 6.07) is 10.1. The molecule has 0 aliphatic carbocycles. The Labute approximate surface area is 205 Å². The molecule has 0 unspecified atom stereocenters. The first-order chi connectivity index (χ1) is 16.9. The molecule has 3 rings (SSSR count). The van der Waals surface area contributed by atoms with Crippen LogP contribution in [-0.2, 0) is 14.8 Å². The van der Waals surface area contributed by atoms with E-state index in [1.54, 1.807) is 12.1 Å². The van der Waals surface area contributed by atoms with E-state index in [2.05, 4.69) is 15.4 Å². The number of rotatable bonds is 7. The molecule has 1 saturated heterocycles. The number of nitrogens with zero attached hydrogens (tertiary/aromatic N) is 1. The third-order valence-corrected chi connectivity index (χ3v) is 6.26. The minimum absolute atomic E-state index is 0.249. The topological polar surface area (TPSA) is 128 Å². The van der Waals surface area contributed by atoms with Crippen LogP contribution in [0.15, 0.2) is 47.4 Å². The van der Waals surface area contributed by atoms with Gasteiger partial charge in [0.25, 0.3) is 15.9 Å². The smallest absolute Gasteiger partial charge is 0.475 e. The fourth-order valence-electron chi connectivity index (χ4n) is 3.14. The van der Waals surface area contributed by atoms with E-state index in [4.69, 9.17) is 9.90 Å². The zero-order chi connectivity index (χ0) is 26.9. The number of benzene rings is 2. The number of nitrogens with one attached hydrogen (secondary N) is 3. The average molecular weight is 535 g/mol. The van der Waals surface area contributed by atoms with E-state index in [1.165, 1.54) is 24.3 Å². The van der Waals surface area contributed by atoms with Crippen molar-refractivity contribution in [3.63, 3.8) is 0 Å². The van der Waals surface area contributed by atoms with Crippen molar-refractivity contribution in [1.29, 1.82) is 0 Å². The molecule has 0 saturated carbocycles.